The van der Waals surface area contributed by atoms with E-state index >= 15 is 0 Å². The Morgan fingerprint density at radius 2 is 1.88 bits per heavy atom. The maximum atomic E-state index is 4.67. The number of aryl methyl sites for hydroxylation is 2. The predicted octanol–water partition coefficient (Wildman–Crippen LogP) is 2.43. The van der Waals surface area contributed by atoms with E-state index in [9.17, 15) is 0 Å². The summed E-state index contributed by atoms with van der Waals surface area (Å²) in [5.41, 5.74) is 3.42. The van der Waals surface area contributed by atoms with Crippen molar-refractivity contribution in [3.05, 3.63) is 47.2 Å². The van der Waals surface area contributed by atoms with Gasteiger partial charge in [0.05, 0.1) is 11.4 Å². The first-order chi connectivity index (χ1) is 12.4. The molecule has 0 aliphatic carbocycles. The standard InChI is InChI=1S/C20H30N6/c1-15-7-6-8-21-20(15)16(2)25(5)14-18-13-19(23-17(3)22-18)26-11-9-24(4)10-12-26/h6-8,13,16H,9-12,14H2,1-5H3. The van der Waals surface area contributed by atoms with E-state index in [0.29, 0.717) is 0 Å². The number of likely N-dealkylation sites (N-methyl/N-ethyl adjacent to an activating group) is 1. The molecule has 0 radical (unpaired) electrons. The average Bonchev–Trinajstić information content (AvgIpc) is 2.61. The number of hydrogen-bond donors (Lipinski definition) is 0. The highest BCUT2D eigenvalue weighted by Crippen LogP contribution is 2.22. The lowest BCUT2D eigenvalue weighted by molar-refractivity contribution is 0.244. The number of nitrogens with zero attached hydrogens (tertiary/aromatic N) is 6. The Morgan fingerprint density at radius 3 is 2.58 bits per heavy atom. The number of piperazine rings is 1. The van der Waals surface area contributed by atoms with E-state index in [1.807, 2.05) is 19.2 Å². The molecule has 0 N–H and O–H groups in total. The molecule has 3 rings (SSSR count). The van der Waals surface area contributed by atoms with Crippen LogP contribution >= 0.6 is 0 Å². The van der Waals surface area contributed by atoms with Gasteiger partial charge in [-0.15, -0.1) is 0 Å². The third kappa shape index (κ3) is 4.37. The zero-order valence-electron chi connectivity index (χ0n) is 16.6. The first kappa shape index (κ1) is 18.7. The molecule has 1 aliphatic rings. The van der Waals surface area contributed by atoms with Crippen molar-refractivity contribution >= 4 is 5.82 Å². The van der Waals surface area contributed by atoms with E-state index in [1.165, 1.54) is 5.56 Å². The summed E-state index contributed by atoms with van der Waals surface area (Å²) in [6.07, 6.45) is 1.87. The Bertz CT molecular complexity index is 739. The van der Waals surface area contributed by atoms with E-state index in [1.54, 1.807) is 0 Å². The first-order valence-corrected chi connectivity index (χ1v) is 9.34. The summed E-state index contributed by atoms with van der Waals surface area (Å²) in [6, 6.07) is 6.49. The number of aromatic nitrogens is 3. The van der Waals surface area contributed by atoms with Gasteiger partial charge in [0.25, 0.3) is 0 Å². The molecule has 1 aliphatic heterocycles. The summed E-state index contributed by atoms with van der Waals surface area (Å²) < 4.78 is 0. The molecule has 6 nitrogen and oxygen atoms in total. The second kappa shape index (κ2) is 8.10. The molecule has 0 saturated carbocycles. The van der Waals surface area contributed by atoms with Crippen molar-refractivity contribution in [3.63, 3.8) is 0 Å². The van der Waals surface area contributed by atoms with Crippen LogP contribution in [0.25, 0.3) is 0 Å². The van der Waals surface area contributed by atoms with Crippen LogP contribution in [-0.2, 0) is 6.54 Å². The topological polar surface area (TPSA) is 48.4 Å². The fraction of sp³-hybridized carbons (Fsp3) is 0.550. The average molecular weight is 355 g/mol. The van der Waals surface area contributed by atoms with E-state index in [4.69, 9.17) is 0 Å². The van der Waals surface area contributed by atoms with Gasteiger partial charge < -0.3 is 9.80 Å². The third-order valence-corrected chi connectivity index (χ3v) is 5.22. The lowest BCUT2D eigenvalue weighted by atomic mass is 10.1. The van der Waals surface area contributed by atoms with Crippen molar-refractivity contribution in [2.24, 2.45) is 0 Å². The first-order valence-electron chi connectivity index (χ1n) is 9.34. The van der Waals surface area contributed by atoms with Crippen molar-refractivity contribution in [2.75, 3.05) is 45.2 Å². The van der Waals surface area contributed by atoms with Crippen molar-refractivity contribution in [2.45, 2.75) is 33.4 Å². The molecule has 0 bridgehead atoms. The van der Waals surface area contributed by atoms with Gasteiger partial charge in [0.1, 0.15) is 11.6 Å². The summed E-state index contributed by atoms with van der Waals surface area (Å²) in [7, 11) is 4.30. The maximum absolute atomic E-state index is 4.67. The molecule has 2 aromatic heterocycles. The van der Waals surface area contributed by atoms with Crippen LogP contribution < -0.4 is 4.90 Å². The smallest absolute Gasteiger partial charge is 0.132 e. The highest BCUT2D eigenvalue weighted by Gasteiger charge is 2.19. The van der Waals surface area contributed by atoms with E-state index < -0.39 is 0 Å². The van der Waals surface area contributed by atoms with Crippen LogP contribution in [0.15, 0.2) is 24.4 Å². The molecule has 1 atom stereocenters. The predicted molar refractivity (Wildman–Crippen MR) is 105 cm³/mol. The largest absolute Gasteiger partial charge is 0.354 e. The van der Waals surface area contributed by atoms with Gasteiger partial charge in [-0.3, -0.25) is 9.88 Å². The number of hydrogen-bond acceptors (Lipinski definition) is 6. The maximum Gasteiger partial charge on any atom is 0.132 e. The summed E-state index contributed by atoms with van der Waals surface area (Å²) in [5.74, 6) is 1.89. The molecular formula is C20H30N6. The van der Waals surface area contributed by atoms with Gasteiger partial charge in [0.15, 0.2) is 0 Å². The van der Waals surface area contributed by atoms with Gasteiger partial charge in [-0.1, -0.05) is 6.07 Å². The summed E-state index contributed by atoms with van der Waals surface area (Å²) >= 11 is 0. The Labute approximate surface area is 156 Å². The van der Waals surface area contributed by atoms with Crippen LogP contribution in [0.5, 0.6) is 0 Å². The molecular weight excluding hydrogens is 324 g/mol. The van der Waals surface area contributed by atoms with E-state index in [-0.39, 0.29) is 6.04 Å². The van der Waals surface area contributed by atoms with E-state index in [2.05, 4.69) is 69.7 Å². The van der Waals surface area contributed by atoms with Crippen LogP contribution in [-0.4, -0.2) is 65.0 Å². The molecule has 2 aromatic rings. The quantitative estimate of drug-likeness (QED) is 0.822. The number of rotatable bonds is 5. The Kier molecular flexibility index (Phi) is 5.84. The van der Waals surface area contributed by atoms with Crippen LogP contribution in [0.3, 0.4) is 0 Å². The lowest BCUT2D eigenvalue weighted by Crippen LogP contribution is -2.45. The molecule has 3 heterocycles. The third-order valence-electron chi connectivity index (χ3n) is 5.22. The Hall–Kier alpha value is -2.05. The molecule has 1 fully saturated rings. The van der Waals surface area contributed by atoms with Gasteiger partial charge in [-0.05, 0) is 46.5 Å². The van der Waals surface area contributed by atoms with Gasteiger partial charge >= 0.3 is 0 Å². The van der Waals surface area contributed by atoms with Crippen LogP contribution in [0, 0.1) is 13.8 Å². The minimum Gasteiger partial charge on any atom is -0.354 e. The Morgan fingerprint density at radius 1 is 1.15 bits per heavy atom. The van der Waals surface area contributed by atoms with Crippen molar-refractivity contribution in [1.29, 1.82) is 0 Å². The molecule has 0 amide bonds. The highest BCUT2D eigenvalue weighted by molar-refractivity contribution is 5.40. The molecule has 1 saturated heterocycles. The molecule has 0 aromatic carbocycles. The lowest BCUT2D eigenvalue weighted by Gasteiger charge is -2.33. The molecule has 26 heavy (non-hydrogen) atoms. The molecule has 140 valence electrons. The molecule has 6 heteroatoms. The fourth-order valence-electron chi connectivity index (χ4n) is 3.43. The van der Waals surface area contributed by atoms with Crippen molar-refractivity contribution < 1.29 is 0 Å². The summed E-state index contributed by atoms with van der Waals surface area (Å²) in [6.45, 7) is 11.3. The second-order valence-electron chi connectivity index (χ2n) is 7.35. The van der Waals surface area contributed by atoms with Gasteiger partial charge in [0, 0.05) is 51.0 Å². The van der Waals surface area contributed by atoms with Gasteiger partial charge in [-0.25, -0.2) is 9.97 Å². The SMILES string of the molecule is Cc1nc(CN(C)C(C)c2ncccc2C)cc(N2CCN(C)CC2)n1. The summed E-state index contributed by atoms with van der Waals surface area (Å²) in [4.78, 5) is 20.9. The van der Waals surface area contributed by atoms with Crippen LogP contribution in [0.2, 0.25) is 0 Å². The zero-order valence-corrected chi connectivity index (χ0v) is 16.6. The monoisotopic (exact) mass is 354 g/mol. The number of anilines is 1. The minimum atomic E-state index is 0.235. The summed E-state index contributed by atoms with van der Waals surface area (Å²) in [5, 5.41) is 0. The molecule has 1 unspecified atom stereocenters. The van der Waals surface area contributed by atoms with Gasteiger partial charge in [-0.2, -0.15) is 0 Å². The van der Waals surface area contributed by atoms with E-state index in [0.717, 1.165) is 55.8 Å². The van der Waals surface area contributed by atoms with Crippen molar-refractivity contribution in [3.8, 4) is 0 Å². The highest BCUT2D eigenvalue weighted by atomic mass is 15.3. The van der Waals surface area contributed by atoms with Crippen LogP contribution in [0.1, 0.15) is 35.7 Å². The Balaban J connectivity index is 1.74. The van der Waals surface area contributed by atoms with Crippen LogP contribution in [0.4, 0.5) is 5.82 Å². The normalized spacial score (nSPS) is 16.9. The zero-order chi connectivity index (χ0) is 18.7. The minimum absolute atomic E-state index is 0.235. The fourth-order valence-corrected chi connectivity index (χ4v) is 3.43. The molecule has 0 spiro atoms. The second-order valence-corrected chi connectivity index (χ2v) is 7.35. The van der Waals surface area contributed by atoms with Gasteiger partial charge in [0.2, 0.25) is 0 Å². The van der Waals surface area contributed by atoms with Crippen molar-refractivity contribution in [1.82, 2.24) is 24.8 Å². The number of pyridine rings is 1.